The standard InChI is InChI=1S/C19H21ClN4O6S/c20-17-4-3-15(31(27,28)24-9-11-29-12-10-24)13-16(17)19(26)30-14-18(25)23(7-1-5-21)8-2-6-22/h3-4,13H,1-2,7-12,14H2. The average molecular weight is 469 g/mol. The van der Waals surface area contributed by atoms with Crippen molar-refractivity contribution in [2.75, 3.05) is 46.0 Å². The maximum Gasteiger partial charge on any atom is 0.340 e. The van der Waals surface area contributed by atoms with Crippen LogP contribution in [0.5, 0.6) is 0 Å². The van der Waals surface area contributed by atoms with E-state index in [1.807, 2.05) is 12.1 Å². The third-order valence-electron chi connectivity index (χ3n) is 4.43. The molecule has 1 saturated heterocycles. The summed E-state index contributed by atoms with van der Waals surface area (Å²) in [6, 6.07) is 7.49. The molecule has 1 aliphatic rings. The summed E-state index contributed by atoms with van der Waals surface area (Å²) in [6.45, 7) is 0.508. The van der Waals surface area contributed by atoms with Crippen LogP contribution in [0.4, 0.5) is 0 Å². The van der Waals surface area contributed by atoms with E-state index in [4.69, 9.17) is 31.6 Å². The normalized spacial score (nSPS) is 14.3. The lowest BCUT2D eigenvalue weighted by molar-refractivity contribution is -0.134. The van der Waals surface area contributed by atoms with E-state index in [2.05, 4.69) is 0 Å². The van der Waals surface area contributed by atoms with E-state index in [1.54, 1.807) is 0 Å². The van der Waals surface area contributed by atoms with Crippen molar-refractivity contribution in [1.82, 2.24) is 9.21 Å². The lowest BCUT2D eigenvalue weighted by Crippen LogP contribution is -2.40. The molecule has 0 radical (unpaired) electrons. The molecule has 10 nitrogen and oxygen atoms in total. The third kappa shape index (κ3) is 6.64. The summed E-state index contributed by atoms with van der Waals surface area (Å²) in [5.74, 6) is -1.54. The number of amides is 1. The van der Waals surface area contributed by atoms with Gasteiger partial charge in [0.15, 0.2) is 6.61 Å². The van der Waals surface area contributed by atoms with Crippen LogP contribution in [-0.2, 0) is 24.3 Å². The summed E-state index contributed by atoms with van der Waals surface area (Å²) in [5, 5.41) is 17.4. The van der Waals surface area contributed by atoms with Gasteiger partial charge in [-0.25, -0.2) is 13.2 Å². The van der Waals surface area contributed by atoms with Crippen LogP contribution in [0.25, 0.3) is 0 Å². The number of ether oxygens (including phenoxy) is 2. The van der Waals surface area contributed by atoms with Crippen molar-refractivity contribution in [2.45, 2.75) is 17.7 Å². The van der Waals surface area contributed by atoms with Crippen LogP contribution >= 0.6 is 11.6 Å². The van der Waals surface area contributed by atoms with Gasteiger partial charge in [-0.3, -0.25) is 4.79 Å². The van der Waals surface area contributed by atoms with Crippen LogP contribution < -0.4 is 0 Å². The van der Waals surface area contributed by atoms with Gasteiger partial charge in [-0.2, -0.15) is 14.8 Å². The predicted octanol–water partition coefficient (Wildman–Crippen LogP) is 1.17. The van der Waals surface area contributed by atoms with E-state index in [9.17, 15) is 18.0 Å². The maximum absolute atomic E-state index is 12.8. The molecule has 1 aromatic carbocycles. The number of morpholine rings is 1. The Hall–Kier alpha value is -2.70. The zero-order valence-electron chi connectivity index (χ0n) is 16.6. The highest BCUT2D eigenvalue weighted by molar-refractivity contribution is 7.89. The molecule has 0 unspecified atom stereocenters. The van der Waals surface area contributed by atoms with Gasteiger partial charge in [0.2, 0.25) is 10.0 Å². The van der Waals surface area contributed by atoms with Gasteiger partial charge in [-0.15, -0.1) is 0 Å². The second kappa shape index (κ2) is 11.6. The fraction of sp³-hybridized carbons (Fsp3) is 0.474. The Morgan fingerprint density at radius 1 is 1.16 bits per heavy atom. The summed E-state index contributed by atoms with van der Waals surface area (Å²) in [4.78, 5) is 25.9. The van der Waals surface area contributed by atoms with Crippen molar-refractivity contribution in [3.8, 4) is 12.1 Å². The fourth-order valence-electron chi connectivity index (χ4n) is 2.78. The summed E-state index contributed by atoms with van der Waals surface area (Å²) in [6.07, 6.45) is 0.136. The predicted molar refractivity (Wildman–Crippen MR) is 108 cm³/mol. The largest absolute Gasteiger partial charge is 0.452 e. The zero-order valence-corrected chi connectivity index (χ0v) is 18.2. The van der Waals surface area contributed by atoms with Gasteiger partial charge in [0.05, 0.1) is 53.7 Å². The molecule has 0 spiro atoms. The number of carbonyl (C=O) groups excluding carboxylic acids is 2. The summed E-state index contributed by atoms with van der Waals surface area (Å²) >= 11 is 6.05. The molecule has 166 valence electrons. The van der Waals surface area contributed by atoms with Crippen molar-refractivity contribution in [3.63, 3.8) is 0 Å². The van der Waals surface area contributed by atoms with Gasteiger partial charge in [0.25, 0.3) is 5.91 Å². The minimum Gasteiger partial charge on any atom is -0.452 e. The van der Waals surface area contributed by atoms with Crippen LogP contribution in [0, 0.1) is 22.7 Å². The summed E-state index contributed by atoms with van der Waals surface area (Å²) < 4.78 is 37.0. The van der Waals surface area contributed by atoms with Crippen LogP contribution in [0.3, 0.4) is 0 Å². The number of carbonyl (C=O) groups is 2. The van der Waals surface area contributed by atoms with E-state index < -0.39 is 28.5 Å². The van der Waals surface area contributed by atoms with E-state index in [0.717, 1.165) is 6.07 Å². The van der Waals surface area contributed by atoms with Gasteiger partial charge >= 0.3 is 5.97 Å². The number of esters is 1. The zero-order chi connectivity index (χ0) is 22.9. The molecule has 1 fully saturated rings. The molecular formula is C19H21ClN4O6S. The van der Waals surface area contributed by atoms with Gasteiger partial charge in [0.1, 0.15) is 0 Å². The first kappa shape index (κ1) is 24.6. The van der Waals surface area contributed by atoms with Gasteiger partial charge in [-0.1, -0.05) is 11.6 Å². The fourth-order valence-corrected chi connectivity index (χ4v) is 4.41. The highest BCUT2D eigenvalue weighted by Crippen LogP contribution is 2.24. The minimum atomic E-state index is -3.85. The smallest absolute Gasteiger partial charge is 0.340 e. The molecule has 0 saturated carbocycles. The van der Waals surface area contributed by atoms with Crippen LogP contribution in [0.1, 0.15) is 23.2 Å². The Morgan fingerprint density at radius 3 is 2.35 bits per heavy atom. The molecule has 1 amide bonds. The second-order valence-electron chi connectivity index (χ2n) is 6.43. The molecule has 0 N–H and O–H groups in total. The molecule has 31 heavy (non-hydrogen) atoms. The number of hydrogen-bond donors (Lipinski definition) is 0. The average Bonchev–Trinajstić information content (AvgIpc) is 2.78. The number of nitriles is 2. The molecule has 1 aliphatic heterocycles. The Balaban J connectivity index is 2.11. The van der Waals surface area contributed by atoms with Gasteiger partial charge in [0, 0.05) is 26.2 Å². The van der Waals surface area contributed by atoms with E-state index in [0.29, 0.717) is 0 Å². The van der Waals surface area contributed by atoms with E-state index in [-0.39, 0.29) is 67.7 Å². The van der Waals surface area contributed by atoms with Crippen LogP contribution in [0.2, 0.25) is 5.02 Å². The van der Waals surface area contributed by atoms with Crippen LogP contribution in [0.15, 0.2) is 23.1 Å². The molecule has 12 heteroatoms. The second-order valence-corrected chi connectivity index (χ2v) is 8.78. The Labute approximate surface area is 185 Å². The van der Waals surface area contributed by atoms with Crippen molar-refractivity contribution in [1.29, 1.82) is 10.5 Å². The third-order valence-corrected chi connectivity index (χ3v) is 6.66. The van der Waals surface area contributed by atoms with Crippen molar-refractivity contribution < 1.29 is 27.5 Å². The van der Waals surface area contributed by atoms with E-state index >= 15 is 0 Å². The first-order valence-electron chi connectivity index (χ1n) is 9.37. The molecular weight excluding hydrogens is 448 g/mol. The Morgan fingerprint density at radius 2 is 1.77 bits per heavy atom. The van der Waals surface area contributed by atoms with Crippen molar-refractivity contribution in [2.24, 2.45) is 0 Å². The first-order valence-corrected chi connectivity index (χ1v) is 11.2. The molecule has 0 bridgehead atoms. The molecule has 1 aromatic rings. The summed E-state index contributed by atoms with van der Waals surface area (Å²) in [7, 11) is -3.85. The molecule has 2 rings (SSSR count). The number of benzene rings is 1. The van der Waals surface area contributed by atoms with Crippen molar-refractivity contribution in [3.05, 3.63) is 28.8 Å². The molecule has 1 heterocycles. The van der Waals surface area contributed by atoms with Crippen molar-refractivity contribution >= 4 is 33.5 Å². The highest BCUT2D eigenvalue weighted by Gasteiger charge is 2.28. The topological polar surface area (TPSA) is 141 Å². The first-order chi connectivity index (χ1) is 14.8. The molecule has 0 aromatic heterocycles. The van der Waals surface area contributed by atoms with Gasteiger partial charge in [-0.05, 0) is 18.2 Å². The van der Waals surface area contributed by atoms with Crippen LogP contribution in [-0.4, -0.2) is 75.5 Å². The number of nitrogens with zero attached hydrogens (tertiary/aromatic N) is 4. The quantitative estimate of drug-likeness (QED) is 0.492. The molecule has 0 atom stereocenters. The highest BCUT2D eigenvalue weighted by atomic mass is 35.5. The SMILES string of the molecule is N#CCCN(CCC#N)C(=O)COC(=O)c1cc(S(=O)(=O)N2CCOCC2)ccc1Cl. The lowest BCUT2D eigenvalue weighted by Gasteiger charge is -2.26. The summed E-state index contributed by atoms with van der Waals surface area (Å²) in [5.41, 5.74) is -0.190. The van der Waals surface area contributed by atoms with E-state index in [1.165, 1.54) is 21.3 Å². The number of halogens is 1. The van der Waals surface area contributed by atoms with Gasteiger partial charge < -0.3 is 14.4 Å². The molecule has 0 aliphatic carbocycles. The number of rotatable bonds is 9. The Bertz CT molecular complexity index is 978. The lowest BCUT2D eigenvalue weighted by atomic mass is 10.2. The number of sulfonamides is 1. The maximum atomic E-state index is 12.8. The monoisotopic (exact) mass is 468 g/mol. The minimum absolute atomic E-state index is 0.0239. The number of hydrogen-bond acceptors (Lipinski definition) is 8. The Kier molecular flexibility index (Phi) is 9.21.